The number of nitrogens with zero attached hydrogens (tertiary/aromatic N) is 5. The van der Waals surface area contributed by atoms with Crippen LogP contribution in [0, 0.1) is 25.2 Å². The number of amides is 1. The lowest BCUT2D eigenvalue weighted by molar-refractivity contribution is -0.116. The van der Waals surface area contributed by atoms with Crippen molar-refractivity contribution < 1.29 is 14.3 Å². The Kier molecular flexibility index (Phi) is 8.44. The van der Waals surface area contributed by atoms with Crippen LogP contribution >= 0.6 is 0 Å². The predicted molar refractivity (Wildman–Crippen MR) is 130 cm³/mol. The molecule has 2 heterocycles. The van der Waals surface area contributed by atoms with Crippen molar-refractivity contribution in [2.24, 2.45) is 0 Å². The van der Waals surface area contributed by atoms with Gasteiger partial charge in [0.2, 0.25) is 5.91 Å². The summed E-state index contributed by atoms with van der Waals surface area (Å²) in [5.41, 5.74) is 4.25. The van der Waals surface area contributed by atoms with Crippen LogP contribution in [-0.2, 0) is 11.2 Å². The molecule has 9 nitrogen and oxygen atoms in total. The van der Waals surface area contributed by atoms with Crippen LogP contribution in [0.2, 0.25) is 0 Å². The van der Waals surface area contributed by atoms with Crippen LogP contribution in [-0.4, -0.2) is 58.8 Å². The Bertz CT molecular complexity index is 1190. The van der Waals surface area contributed by atoms with Crippen LogP contribution in [0.15, 0.2) is 24.4 Å². The summed E-state index contributed by atoms with van der Waals surface area (Å²) in [7, 11) is 1.60. The Morgan fingerprint density at radius 3 is 2.68 bits per heavy atom. The third kappa shape index (κ3) is 5.64. The molecule has 3 rings (SSSR count). The fraction of sp³-hybridized carbons (Fsp3) is 0.440. The zero-order valence-electron chi connectivity index (χ0n) is 20.5. The van der Waals surface area contributed by atoms with E-state index in [1.165, 1.54) is 6.20 Å². The summed E-state index contributed by atoms with van der Waals surface area (Å²) in [5.74, 6) is 1.11. The molecule has 180 valence electrons. The highest BCUT2D eigenvalue weighted by molar-refractivity contribution is 5.91. The first kappa shape index (κ1) is 25.0. The second-order valence-electron chi connectivity index (χ2n) is 7.96. The maximum absolute atomic E-state index is 12.7. The summed E-state index contributed by atoms with van der Waals surface area (Å²) in [6, 6.07) is 7.48. The van der Waals surface area contributed by atoms with E-state index in [0.29, 0.717) is 41.4 Å². The molecule has 1 aromatic carbocycles. The molecule has 0 fully saturated rings. The number of hydrogen-bond acceptors (Lipinski definition) is 7. The van der Waals surface area contributed by atoms with Crippen molar-refractivity contribution in [3.05, 3.63) is 46.9 Å². The minimum Gasteiger partial charge on any atom is -0.493 e. The molecule has 1 N–H and O–H groups in total. The van der Waals surface area contributed by atoms with Gasteiger partial charge in [-0.25, -0.2) is 9.50 Å². The fourth-order valence-corrected chi connectivity index (χ4v) is 3.91. The topological polar surface area (TPSA) is 105 Å². The molecule has 0 saturated carbocycles. The van der Waals surface area contributed by atoms with Crippen molar-refractivity contribution >= 4 is 17.2 Å². The number of nitrogens with one attached hydrogen (secondary N) is 1. The van der Waals surface area contributed by atoms with E-state index in [4.69, 9.17) is 9.47 Å². The summed E-state index contributed by atoms with van der Waals surface area (Å²) < 4.78 is 13.0. The number of anilines is 1. The van der Waals surface area contributed by atoms with Gasteiger partial charge >= 0.3 is 0 Å². The quantitative estimate of drug-likeness (QED) is 0.463. The summed E-state index contributed by atoms with van der Waals surface area (Å²) in [4.78, 5) is 19.5. The number of methoxy groups -OCH3 is 1. The van der Waals surface area contributed by atoms with Gasteiger partial charge < -0.3 is 19.7 Å². The van der Waals surface area contributed by atoms with E-state index in [1.807, 2.05) is 13.8 Å². The molecule has 0 bridgehead atoms. The number of likely N-dealkylation sites (N-methyl/N-ethyl adjacent to an activating group) is 1. The molecule has 0 aliphatic heterocycles. The molecule has 1 amide bonds. The number of fused-ring (bicyclic) bond motifs is 1. The minimum absolute atomic E-state index is 0.115. The first-order valence-electron chi connectivity index (χ1n) is 11.5. The molecule has 2 aromatic heterocycles. The molecule has 0 atom stereocenters. The van der Waals surface area contributed by atoms with E-state index < -0.39 is 0 Å². The highest BCUT2D eigenvalue weighted by Gasteiger charge is 2.15. The highest BCUT2D eigenvalue weighted by atomic mass is 16.5. The fourth-order valence-electron chi connectivity index (χ4n) is 3.91. The molecular weight excluding hydrogens is 432 g/mol. The van der Waals surface area contributed by atoms with Gasteiger partial charge in [-0.05, 0) is 51.1 Å². The lowest BCUT2D eigenvalue weighted by Crippen LogP contribution is -2.28. The maximum Gasteiger partial charge on any atom is 0.224 e. The minimum atomic E-state index is -0.115. The standard InChI is InChI=1S/C25H32N6O3/c1-6-30(7-2)12-13-34-23-14-20(8-10-22(23)33-5)29-24(32)11-9-21-17(3)28-25-19(15-26)16-27-31(25)18(21)4/h8,10,14,16H,6-7,9,11-13H2,1-5H3,(H,29,32). The molecule has 3 aromatic rings. The Balaban J connectivity index is 1.65. The average Bonchev–Trinajstić information content (AvgIpc) is 3.24. The second-order valence-corrected chi connectivity index (χ2v) is 7.96. The molecule has 0 aliphatic carbocycles. The summed E-state index contributed by atoms with van der Waals surface area (Å²) in [6.45, 7) is 11.3. The van der Waals surface area contributed by atoms with Crippen LogP contribution in [0.3, 0.4) is 0 Å². The van der Waals surface area contributed by atoms with Gasteiger partial charge in [0.15, 0.2) is 17.1 Å². The van der Waals surface area contributed by atoms with Gasteiger partial charge in [0.1, 0.15) is 18.2 Å². The zero-order chi connectivity index (χ0) is 24.7. The summed E-state index contributed by atoms with van der Waals surface area (Å²) in [5, 5.41) is 16.4. The number of carbonyl (C=O) groups is 1. The highest BCUT2D eigenvalue weighted by Crippen LogP contribution is 2.30. The van der Waals surface area contributed by atoms with Crippen molar-refractivity contribution in [2.45, 2.75) is 40.5 Å². The summed E-state index contributed by atoms with van der Waals surface area (Å²) >= 11 is 0. The summed E-state index contributed by atoms with van der Waals surface area (Å²) in [6.07, 6.45) is 2.31. The van der Waals surface area contributed by atoms with E-state index in [1.54, 1.807) is 29.8 Å². The number of aromatic nitrogens is 3. The van der Waals surface area contributed by atoms with Crippen LogP contribution < -0.4 is 14.8 Å². The van der Waals surface area contributed by atoms with E-state index >= 15 is 0 Å². The monoisotopic (exact) mass is 464 g/mol. The second kappa shape index (κ2) is 11.5. The number of hydrogen-bond donors (Lipinski definition) is 1. The SMILES string of the molecule is CCN(CC)CCOc1cc(NC(=O)CCc2c(C)nc3c(C#N)cnn3c2C)ccc1OC. The Morgan fingerprint density at radius 1 is 1.24 bits per heavy atom. The number of ether oxygens (including phenoxy) is 2. The van der Waals surface area contributed by atoms with Gasteiger partial charge in [0, 0.05) is 36.1 Å². The van der Waals surface area contributed by atoms with Gasteiger partial charge in [0.05, 0.1) is 13.3 Å². The average molecular weight is 465 g/mol. The third-order valence-electron chi connectivity index (χ3n) is 5.94. The normalized spacial score (nSPS) is 11.0. The van der Waals surface area contributed by atoms with Crippen LogP contribution in [0.4, 0.5) is 5.69 Å². The first-order chi connectivity index (χ1) is 16.4. The molecule has 0 radical (unpaired) electrons. The Hall–Kier alpha value is -3.64. The molecule has 0 aliphatic rings. The Labute approximate surface area is 200 Å². The molecule has 9 heteroatoms. The van der Waals surface area contributed by atoms with Crippen molar-refractivity contribution in [2.75, 3.05) is 38.7 Å². The van der Waals surface area contributed by atoms with E-state index in [-0.39, 0.29) is 12.3 Å². The van der Waals surface area contributed by atoms with Crippen LogP contribution in [0.25, 0.3) is 5.65 Å². The molecule has 0 saturated heterocycles. The van der Waals surface area contributed by atoms with Crippen molar-refractivity contribution in [1.82, 2.24) is 19.5 Å². The van der Waals surface area contributed by atoms with E-state index in [0.717, 1.165) is 36.6 Å². The smallest absolute Gasteiger partial charge is 0.224 e. The molecule has 0 spiro atoms. The molecular formula is C25H32N6O3. The lowest BCUT2D eigenvalue weighted by Gasteiger charge is -2.19. The largest absolute Gasteiger partial charge is 0.493 e. The van der Waals surface area contributed by atoms with Gasteiger partial charge in [0.25, 0.3) is 0 Å². The molecule has 34 heavy (non-hydrogen) atoms. The van der Waals surface area contributed by atoms with Crippen LogP contribution in [0.5, 0.6) is 11.5 Å². The number of rotatable bonds is 11. The molecule has 0 unspecified atom stereocenters. The number of nitriles is 1. The lowest BCUT2D eigenvalue weighted by atomic mass is 10.1. The van der Waals surface area contributed by atoms with Gasteiger partial charge in [-0.1, -0.05) is 13.8 Å². The van der Waals surface area contributed by atoms with E-state index in [2.05, 4.69) is 40.2 Å². The number of benzene rings is 1. The number of carbonyl (C=O) groups excluding carboxylic acids is 1. The van der Waals surface area contributed by atoms with Gasteiger partial charge in [-0.2, -0.15) is 10.4 Å². The van der Waals surface area contributed by atoms with Gasteiger partial charge in [-0.15, -0.1) is 0 Å². The zero-order valence-corrected chi connectivity index (χ0v) is 20.5. The van der Waals surface area contributed by atoms with Crippen molar-refractivity contribution in [3.63, 3.8) is 0 Å². The van der Waals surface area contributed by atoms with E-state index in [9.17, 15) is 10.1 Å². The Morgan fingerprint density at radius 2 is 2.00 bits per heavy atom. The number of aryl methyl sites for hydroxylation is 2. The van der Waals surface area contributed by atoms with Crippen LogP contribution in [0.1, 0.15) is 42.8 Å². The third-order valence-corrected chi connectivity index (χ3v) is 5.94. The van der Waals surface area contributed by atoms with Crippen molar-refractivity contribution in [1.29, 1.82) is 5.26 Å². The van der Waals surface area contributed by atoms with Gasteiger partial charge in [-0.3, -0.25) is 4.79 Å². The maximum atomic E-state index is 12.7. The predicted octanol–water partition coefficient (Wildman–Crippen LogP) is 3.52. The van der Waals surface area contributed by atoms with Crippen molar-refractivity contribution in [3.8, 4) is 17.6 Å². The first-order valence-corrected chi connectivity index (χ1v) is 11.5.